The summed E-state index contributed by atoms with van der Waals surface area (Å²) in [6.45, 7) is 3.82. The summed E-state index contributed by atoms with van der Waals surface area (Å²) in [7, 11) is 0. The van der Waals surface area contributed by atoms with Gasteiger partial charge in [-0.1, -0.05) is 19.1 Å². The van der Waals surface area contributed by atoms with Crippen molar-refractivity contribution in [2.45, 2.75) is 32.8 Å². The molecule has 12 heavy (non-hydrogen) atoms. The maximum absolute atomic E-state index is 10.4. The third kappa shape index (κ3) is 4.91. The maximum atomic E-state index is 10.4. The van der Waals surface area contributed by atoms with Crippen molar-refractivity contribution in [3.05, 3.63) is 12.2 Å². The van der Waals surface area contributed by atoms with Crippen LogP contribution in [0, 0.1) is 5.92 Å². The number of hydrogen-bond donors (Lipinski definition) is 2. The van der Waals surface area contributed by atoms with Gasteiger partial charge in [-0.05, 0) is 19.3 Å². The van der Waals surface area contributed by atoms with Crippen molar-refractivity contribution in [3.8, 4) is 0 Å². The lowest BCUT2D eigenvalue weighted by molar-refractivity contribution is -0.120. The molecule has 0 fully saturated rings. The number of primary amides is 1. The average Bonchev–Trinajstić information content (AvgIpc) is 1.98. The summed E-state index contributed by atoms with van der Waals surface area (Å²) in [6, 6.07) is 0. The Labute approximate surface area is 73.3 Å². The highest BCUT2D eigenvalue weighted by molar-refractivity contribution is 5.74. The quantitative estimate of drug-likeness (QED) is 0.602. The molecule has 0 spiro atoms. The third-order valence-corrected chi connectivity index (χ3v) is 1.81. The number of aliphatic hydroxyl groups is 1. The summed E-state index contributed by atoms with van der Waals surface area (Å²) in [5.41, 5.74) is 4.94. The first kappa shape index (κ1) is 11.2. The first-order valence-electron chi connectivity index (χ1n) is 4.15. The fourth-order valence-corrected chi connectivity index (χ4v) is 0.915. The lowest BCUT2D eigenvalue weighted by Gasteiger charge is -2.15. The van der Waals surface area contributed by atoms with E-state index < -0.39 is 12.0 Å². The molecule has 0 radical (unpaired) electrons. The van der Waals surface area contributed by atoms with E-state index in [1.165, 1.54) is 0 Å². The molecule has 0 aliphatic carbocycles. The second-order valence-electron chi connectivity index (χ2n) is 3.02. The zero-order valence-corrected chi connectivity index (χ0v) is 7.66. The van der Waals surface area contributed by atoms with Crippen LogP contribution in [0.1, 0.15) is 26.7 Å². The summed E-state index contributed by atoms with van der Waals surface area (Å²) >= 11 is 0. The van der Waals surface area contributed by atoms with Crippen LogP contribution in [-0.2, 0) is 4.79 Å². The van der Waals surface area contributed by atoms with Gasteiger partial charge in [-0.25, -0.2) is 0 Å². The number of nitrogens with two attached hydrogens (primary N) is 1. The molecule has 0 aromatic heterocycles. The van der Waals surface area contributed by atoms with Gasteiger partial charge in [0.05, 0.1) is 12.5 Å². The molecule has 3 heteroatoms. The molecule has 70 valence electrons. The number of amides is 1. The van der Waals surface area contributed by atoms with Crippen LogP contribution in [0.25, 0.3) is 0 Å². The van der Waals surface area contributed by atoms with Crippen molar-refractivity contribution in [1.29, 1.82) is 0 Å². The number of rotatable bonds is 5. The summed E-state index contributed by atoms with van der Waals surface area (Å²) in [5, 5.41) is 9.38. The predicted molar refractivity (Wildman–Crippen MR) is 48.4 cm³/mol. The number of aliphatic hydroxyl groups excluding tert-OH is 1. The molecule has 0 bridgehead atoms. The van der Waals surface area contributed by atoms with E-state index in [9.17, 15) is 9.90 Å². The molecule has 0 aliphatic rings. The van der Waals surface area contributed by atoms with E-state index in [2.05, 4.69) is 0 Å². The zero-order chi connectivity index (χ0) is 9.56. The molecule has 0 aliphatic heterocycles. The van der Waals surface area contributed by atoms with Crippen LogP contribution in [0.4, 0.5) is 0 Å². The van der Waals surface area contributed by atoms with Crippen molar-refractivity contribution in [3.63, 3.8) is 0 Å². The van der Waals surface area contributed by atoms with E-state index in [0.717, 1.165) is 6.42 Å². The molecule has 0 aromatic carbocycles. The highest BCUT2D eigenvalue weighted by atomic mass is 16.3. The summed E-state index contributed by atoms with van der Waals surface area (Å²) < 4.78 is 0. The molecule has 2 atom stereocenters. The van der Waals surface area contributed by atoms with Gasteiger partial charge >= 0.3 is 0 Å². The number of carbonyl (C=O) groups is 1. The molecule has 0 heterocycles. The number of carbonyl (C=O) groups excluding carboxylic acids is 1. The van der Waals surface area contributed by atoms with Gasteiger partial charge in [0.15, 0.2) is 0 Å². The van der Waals surface area contributed by atoms with Gasteiger partial charge in [0.2, 0.25) is 5.91 Å². The van der Waals surface area contributed by atoms with Crippen LogP contribution in [-0.4, -0.2) is 17.1 Å². The number of allylic oxidation sites excluding steroid dienone is 2. The van der Waals surface area contributed by atoms with Crippen molar-refractivity contribution >= 4 is 5.91 Å². The fraction of sp³-hybridized carbons (Fsp3) is 0.667. The Bertz CT molecular complexity index is 166. The molecule has 3 nitrogen and oxygen atoms in total. The summed E-state index contributed by atoms with van der Waals surface area (Å²) in [6.07, 6.45) is 4.12. The van der Waals surface area contributed by atoms with E-state index in [1.54, 1.807) is 0 Å². The lowest BCUT2D eigenvalue weighted by Crippen LogP contribution is -2.25. The SMILES string of the molecule is C/C=C/C[C@@H](C)[C@@H](O)CC(N)=O. The van der Waals surface area contributed by atoms with Crippen LogP contribution < -0.4 is 5.73 Å². The minimum Gasteiger partial charge on any atom is -0.392 e. The zero-order valence-electron chi connectivity index (χ0n) is 7.66. The van der Waals surface area contributed by atoms with Gasteiger partial charge in [0.1, 0.15) is 0 Å². The first-order chi connectivity index (χ1) is 5.57. The minimum atomic E-state index is -0.612. The van der Waals surface area contributed by atoms with E-state index >= 15 is 0 Å². The summed E-state index contributed by atoms with van der Waals surface area (Å²) in [4.78, 5) is 10.4. The van der Waals surface area contributed by atoms with Crippen LogP contribution in [0.5, 0.6) is 0 Å². The van der Waals surface area contributed by atoms with E-state index in [4.69, 9.17) is 5.73 Å². The Hall–Kier alpha value is -0.830. The van der Waals surface area contributed by atoms with Gasteiger partial charge in [-0.3, -0.25) is 4.79 Å². The topological polar surface area (TPSA) is 63.3 Å². The van der Waals surface area contributed by atoms with E-state index in [0.29, 0.717) is 0 Å². The molecule has 0 unspecified atom stereocenters. The Morgan fingerprint density at radius 2 is 2.25 bits per heavy atom. The predicted octanol–water partition coefficient (Wildman–Crippen LogP) is 0.825. The Kier molecular flexibility index (Phi) is 5.37. The molecule has 0 rings (SSSR count). The Balaban J connectivity index is 3.75. The van der Waals surface area contributed by atoms with Crippen molar-refractivity contribution in [1.82, 2.24) is 0 Å². The first-order valence-corrected chi connectivity index (χ1v) is 4.15. The van der Waals surface area contributed by atoms with Crippen LogP contribution in [0.15, 0.2) is 12.2 Å². The third-order valence-electron chi connectivity index (χ3n) is 1.81. The smallest absolute Gasteiger partial charge is 0.220 e. The second-order valence-corrected chi connectivity index (χ2v) is 3.02. The Morgan fingerprint density at radius 3 is 2.67 bits per heavy atom. The molecule has 3 N–H and O–H groups in total. The molecule has 1 amide bonds. The lowest BCUT2D eigenvalue weighted by atomic mass is 9.98. The van der Waals surface area contributed by atoms with Gasteiger partial charge in [-0.2, -0.15) is 0 Å². The number of hydrogen-bond acceptors (Lipinski definition) is 2. The molecular formula is C9H17NO2. The molecule has 0 aromatic rings. The molecule has 0 saturated heterocycles. The standard InChI is InChI=1S/C9H17NO2/c1-3-4-5-7(2)8(11)6-9(10)12/h3-4,7-8,11H,5-6H2,1-2H3,(H2,10,12)/b4-3+/t7-,8+/m1/s1. The van der Waals surface area contributed by atoms with Crippen LogP contribution in [0.3, 0.4) is 0 Å². The van der Waals surface area contributed by atoms with Crippen LogP contribution >= 0.6 is 0 Å². The molecule has 0 saturated carbocycles. The average molecular weight is 171 g/mol. The van der Waals surface area contributed by atoms with Gasteiger partial charge in [-0.15, -0.1) is 0 Å². The van der Waals surface area contributed by atoms with Crippen molar-refractivity contribution < 1.29 is 9.90 Å². The van der Waals surface area contributed by atoms with Crippen molar-refractivity contribution in [2.75, 3.05) is 0 Å². The normalized spacial score (nSPS) is 16.2. The van der Waals surface area contributed by atoms with Gasteiger partial charge in [0, 0.05) is 0 Å². The monoisotopic (exact) mass is 171 g/mol. The van der Waals surface area contributed by atoms with Gasteiger partial charge in [0.25, 0.3) is 0 Å². The highest BCUT2D eigenvalue weighted by Crippen LogP contribution is 2.11. The molecular weight excluding hydrogens is 154 g/mol. The second kappa shape index (κ2) is 5.77. The highest BCUT2D eigenvalue weighted by Gasteiger charge is 2.14. The van der Waals surface area contributed by atoms with E-state index in [1.807, 2.05) is 26.0 Å². The van der Waals surface area contributed by atoms with E-state index in [-0.39, 0.29) is 12.3 Å². The van der Waals surface area contributed by atoms with Crippen molar-refractivity contribution in [2.24, 2.45) is 11.7 Å². The van der Waals surface area contributed by atoms with Crippen LogP contribution in [0.2, 0.25) is 0 Å². The largest absolute Gasteiger partial charge is 0.392 e. The fourth-order valence-electron chi connectivity index (χ4n) is 0.915. The minimum absolute atomic E-state index is 0.0543. The summed E-state index contributed by atoms with van der Waals surface area (Å²) in [5.74, 6) is -0.358. The Morgan fingerprint density at radius 1 is 1.67 bits per heavy atom. The maximum Gasteiger partial charge on any atom is 0.220 e. The van der Waals surface area contributed by atoms with Gasteiger partial charge < -0.3 is 10.8 Å².